The summed E-state index contributed by atoms with van der Waals surface area (Å²) < 4.78 is 6.70. The second-order valence-corrected chi connectivity index (χ2v) is 5.51. The van der Waals surface area contributed by atoms with Gasteiger partial charge in [-0.05, 0) is 38.1 Å². The molecular weight excluding hydrogens is 304 g/mol. The maximum absolute atomic E-state index is 5.89. The van der Waals surface area contributed by atoms with Crippen molar-refractivity contribution in [2.45, 2.75) is 20.0 Å². The quantitative estimate of drug-likeness (QED) is 0.812. The topological polar surface area (TPSA) is 47.3 Å². The molecule has 2 rings (SSSR count). The van der Waals surface area contributed by atoms with Gasteiger partial charge in [0.2, 0.25) is 0 Å². The lowest BCUT2D eigenvalue weighted by Crippen LogP contribution is -2.06. The molecule has 19 heavy (non-hydrogen) atoms. The Balaban J connectivity index is 2.22. The van der Waals surface area contributed by atoms with E-state index in [1.807, 2.05) is 56.3 Å². The van der Waals surface area contributed by atoms with Gasteiger partial charge in [-0.2, -0.15) is 0 Å². The van der Waals surface area contributed by atoms with E-state index in [4.69, 9.17) is 10.5 Å². The molecule has 0 saturated heterocycles. The zero-order valence-electron chi connectivity index (χ0n) is 11.0. The van der Waals surface area contributed by atoms with Crippen molar-refractivity contribution in [3.8, 4) is 5.75 Å². The minimum absolute atomic E-state index is 0.125. The van der Waals surface area contributed by atoms with Crippen molar-refractivity contribution in [2.75, 3.05) is 11.1 Å². The minimum atomic E-state index is 0.125. The molecule has 0 aliphatic rings. The summed E-state index contributed by atoms with van der Waals surface area (Å²) in [4.78, 5) is 0. The van der Waals surface area contributed by atoms with Crippen molar-refractivity contribution in [3.05, 3.63) is 46.9 Å². The third kappa shape index (κ3) is 4.17. The Morgan fingerprint density at radius 3 is 2.58 bits per heavy atom. The summed E-state index contributed by atoms with van der Waals surface area (Å²) in [6.45, 7) is 3.98. The van der Waals surface area contributed by atoms with E-state index in [2.05, 4.69) is 21.2 Å². The van der Waals surface area contributed by atoms with Crippen molar-refractivity contribution < 1.29 is 4.74 Å². The monoisotopic (exact) mass is 320 g/mol. The smallest absolute Gasteiger partial charge is 0.123 e. The van der Waals surface area contributed by atoms with Crippen LogP contribution in [0.4, 0.5) is 17.1 Å². The zero-order chi connectivity index (χ0) is 13.8. The van der Waals surface area contributed by atoms with Crippen LogP contribution in [0.1, 0.15) is 13.8 Å². The molecule has 3 nitrogen and oxygen atoms in total. The molecule has 0 aliphatic heterocycles. The van der Waals surface area contributed by atoms with E-state index in [0.29, 0.717) is 5.69 Å². The molecule has 0 saturated carbocycles. The predicted octanol–water partition coefficient (Wildman–Crippen LogP) is 4.56. The molecule has 3 N–H and O–H groups in total. The number of anilines is 3. The Morgan fingerprint density at radius 1 is 1.11 bits per heavy atom. The Hall–Kier alpha value is -1.68. The zero-order valence-corrected chi connectivity index (χ0v) is 12.6. The van der Waals surface area contributed by atoms with Crippen molar-refractivity contribution in [3.63, 3.8) is 0 Å². The predicted molar refractivity (Wildman–Crippen MR) is 84.0 cm³/mol. The van der Waals surface area contributed by atoms with Crippen LogP contribution in [0.2, 0.25) is 0 Å². The number of halogens is 1. The Bertz CT molecular complexity index is 570. The van der Waals surface area contributed by atoms with E-state index in [1.54, 1.807) is 0 Å². The molecule has 100 valence electrons. The fraction of sp³-hybridized carbons (Fsp3) is 0.200. The normalized spacial score (nSPS) is 10.5. The van der Waals surface area contributed by atoms with Gasteiger partial charge in [-0.3, -0.25) is 0 Å². The van der Waals surface area contributed by atoms with E-state index in [0.717, 1.165) is 21.6 Å². The number of benzene rings is 2. The maximum Gasteiger partial charge on any atom is 0.123 e. The van der Waals surface area contributed by atoms with Gasteiger partial charge in [0, 0.05) is 33.7 Å². The molecule has 0 atom stereocenters. The summed E-state index contributed by atoms with van der Waals surface area (Å²) in [7, 11) is 0. The first-order chi connectivity index (χ1) is 9.02. The lowest BCUT2D eigenvalue weighted by molar-refractivity contribution is 0.242. The Kier molecular flexibility index (Phi) is 4.32. The van der Waals surface area contributed by atoms with E-state index in [-0.39, 0.29) is 6.10 Å². The van der Waals surface area contributed by atoms with Crippen LogP contribution in [0, 0.1) is 0 Å². The summed E-state index contributed by atoms with van der Waals surface area (Å²) >= 11 is 3.45. The molecule has 4 heteroatoms. The lowest BCUT2D eigenvalue weighted by atomic mass is 10.2. The van der Waals surface area contributed by atoms with E-state index in [1.165, 1.54) is 0 Å². The first-order valence-corrected chi connectivity index (χ1v) is 6.92. The third-order valence-corrected chi connectivity index (χ3v) is 2.91. The van der Waals surface area contributed by atoms with Gasteiger partial charge in [-0.1, -0.05) is 22.0 Å². The number of hydrogen-bond acceptors (Lipinski definition) is 3. The van der Waals surface area contributed by atoms with Crippen LogP contribution >= 0.6 is 15.9 Å². The molecule has 0 fully saturated rings. The third-order valence-electron chi connectivity index (χ3n) is 2.41. The van der Waals surface area contributed by atoms with Gasteiger partial charge in [0.05, 0.1) is 6.10 Å². The molecule has 0 unspecified atom stereocenters. The number of rotatable bonds is 4. The molecule has 2 aromatic rings. The highest BCUT2D eigenvalue weighted by atomic mass is 79.9. The molecule has 0 amide bonds. The Labute approximate surface area is 121 Å². The molecule has 0 aliphatic carbocycles. The average molecular weight is 321 g/mol. The van der Waals surface area contributed by atoms with Gasteiger partial charge in [-0.25, -0.2) is 0 Å². The highest BCUT2D eigenvalue weighted by molar-refractivity contribution is 9.10. The van der Waals surface area contributed by atoms with Gasteiger partial charge >= 0.3 is 0 Å². The van der Waals surface area contributed by atoms with Crippen LogP contribution < -0.4 is 15.8 Å². The summed E-state index contributed by atoms with van der Waals surface area (Å²) in [6.07, 6.45) is 0.125. The van der Waals surface area contributed by atoms with Crippen molar-refractivity contribution in [1.29, 1.82) is 0 Å². The van der Waals surface area contributed by atoms with Crippen LogP contribution in [0.5, 0.6) is 5.75 Å². The number of nitrogen functional groups attached to an aromatic ring is 1. The van der Waals surface area contributed by atoms with Crippen LogP contribution in [-0.2, 0) is 0 Å². The Morgan fingerprint density at radius 2 is 1.89 bits per heavy atom. The summed E-state index contributed by atoms with van der Waals surface area (Å²) in [5.74, 6) is 0.771. The average Bonchev–Trinajstić information content (AvgIpc) is 2.26. The second-order valence-electron chi connectivity index (χ2n) is 4.59. The van der Waals surface area contributed by atoms with Crippen molar-refractivity contribution in [1.82, 2.24) is 0 Å². The number of nitrogens with two attached hydrogens (primary N) is 1. The van der Waals surface area contributed by atoms with Gasteiger partial charge in [-0.15, -0.1) is 0 Å². The maximum atomic E-state index is 5.89. The molecule has 0 aromatic heterocycles. The molecule has 2 aromatic carbocycles. The number of nitrogens with one attached hydrogen (secondary N) is 1. The highest BCUT2D eigenvalue weighted by Crippen LogP contribution is 2.27. The SMILES string of the molecule is CC(C)Oc1cc(N)cc(Nc2cccc(Br)c2)c1. The van der Waals surface area contributed by atoms with Crippen LogP contribution in [0.3, 0.4) is 0 Å². The van der Waals surface area contributed by atoms with Crippen molar-refractivity contribution in [2.24, 2.45) is 0 Å². The van der Waals surface area contributed by atoms with Gasteiger partial charge < -0.3 is 15.8 Å². The summed E-state index contributed by atoms with van der Waals surface area (Å²) in [5, 5.41) is 3.31. The van der Waals surface area contributed by atoms with Gasteiger partial charge in [0.25, 0.3) is 0 Å². The van der Waals surface area contributed by atoms with Gasteiger partial charge in [0.1, 0.15) is 5.75 Å². The largest absolute Gasteiger partial charge is 0.491 e. The molecule has 0 spiro atoms. The molecule has 0 bridgehead atoms. The first-order valence-electron chi connectivity index (χ1n) is 6.13. The minimum Gasteiger partial charge on any atom is -0.491 e. The molecule has 0 radical (unpaired) electrons. The molecule has 0 heterocycles. The van der Waals surface area contributed by atoms with E-state index < -0.39 is 0 Å². The van der Waals surface area contributed by atoms with Crippen molar-refractivity contribution >= 4 is 33.0 Å². The fourth-order valence-electron chi connectivity index (χ4n) is 1.77. The number of hydrogen-bond donors (Lipinski definition) is 2. The van der Waals surface area contributed by atoms with Crippen LogP contribution in [0.25, 0.3) is 0 Å². The van der Waals surface area contributed by atoms with Crippen LogP contribution in [-0.4, -0.2) is 6.10 Å². The first kappa shape index (κ1) is 13.7. The van der Waals surface area contributed by atoms with Gasteiger partial charge in [0.15, 0.2) is 0 Å². The van der Waals surface area contributed by atoms with E-state index >= 15 is 0 Å². The lowest BCUT2D eigenvalue weighted by Gasteiger charge is -2.13. The second kappa shape index (κ2) is 5.97. The number of ether oxygens (including phenoxy) is 1. The summed E-state index contributed by atoms with van der Waals surface area (Å²) in [6, 6.07) is 13.6. The van der Waals surface area contributed by atoms with Crippen LogP contribution in [0.15, 0.2) is 46.9 Å². The fourth-order valence-corrected chi connectivity index (χ4v) is 2.17. The van der Waals surface area contributed by atoms with E-state index in [9.17, 15) is 0 Å². The highest BCUT2D eigenvalue weighted by Gasteiger charge is 2.03. The standard InChI is InChI=1S/C15H17BrN2O/c1-10(2)19-15-8-12(17)7-14(9-15)18-13-5-3-4-11(16)6-13/h3-10,18H,17H2,1-2H3. The molecular formula is C15H17BrN2O. The summed E-state index contributed by atoms with van der Waals surface area (Å²) in [5.41, 5.74) is 8.47.